The molecule has 0 aliphatic carbocycles. The summed E-state index contributed by atoms with van der Waals surface area (Å²) < 4.78 is 17.6. The number of nitrogens with one attached hydrogen (secondary N) is 2. The predicted molar refractivity (Wildman–Crippen MR) is 138 cm³/mol. The number of carbonyl (C=O) groups is 1. The summed E-state index contributed by atoms with van der Waals surface area (Å²) >= 11 is 15.9. The van der Waals surface area contributed by atoms with Crippen LogP contribution in [0.3, 0.4) is 0 Å². The van der Waals surface area contributed by atoms with Crippen molar-refractivity contribution in [1.82, 2.24) is 4.98 Å². The lowest BCUT2D eigenvalue weighted by Crippen LogP contribution is -2.19. The summed E-state index contributed by atoms with van der Waals surface area (Å²) in [7, 11) is 3.13. The molecule has 4 aromatic rings. The Hall–Kier alpha value is -3.20. The summed E-state index contributed by atoms with van der Waals surface area (Å²) in [6, 6.07) is 14.9. The van der Waals surface area contributed by atoms with Crippen molar-refractivity contribution < 1.29 is 19.0 Å². The van der Waals surface area contributed by atoms with Gasteiger partial charge in [0.2, 0.25) is 0 Å². The van der Waals surface area contributed by atoms with Gasteiger partial charge in [-0.25, -0.2) is 4.79 Å². The molecule has 2 N–H and O–H groups in total. The Labute approximate surface area is 214 Å². The van der Waals surface area contributed by atoms with Crippen LogP contribution in [0.2, 0.25) is 10.0 Å². The number of fused-ring (bicyclic) bond motifs is 1. The molecule has 0 atom stereocenters. The number of benzene rings is 3. The molecule has 34 heavy (non-hydrogen) atoms. The average molecular weight is 563 g/mol. The highest BCUT2D eigenvalue weighted by Crippen LogP contribution is 2.38. The van der Waals surface area contributed by atoms with E-state index in [1.54, 1.807) is 75.0 Å². The van der Waals surface area contributed by atoms with Gasteiger partial charge in [0.1, 0.15) is 11.5 Å². The summed E-state index contributed by atoms with van der Waals surface area (Å²) in [5, 5.41) is 6.84. The minimum atomic E-state index is -0.489. The van der Waals surface area contributed by atoms with E-state index in [4.69, 9.17) is 37.4 Å². The first kappa shape index (κ1) is 23.9. The van der Waals surface area contributed by atoms with E-state index in [0.29, 0.717) is 49.9 Å². The van der Waals surface area contributed by atoms with Crippen LogP contribution >= 0.6 is 39.1 Å². The van der Waals surface area contributed by atoms with Crippen molar-refractivity contribution in [2.45, 2.75) is 0 Å². The molecule has 1 aromatic heterocycles. The Morgan fingerprint density at radius 2 is 1.59 bits per heavy atom. The van der Waals surface area contributed by atoms with Crippen LogP contribution in [-0.2, 0) is 0 Å². The predicted octanol–water partition coefficient (Wildman–Crippen LogP) is 7.76. The van der Waals surface area contributed by atoms with Crippen molar-refractivity contribution in [2.75, 3.05) is 24.9 Å². The molecular weight excluding hydrogens is 545 g/mol. The van der Waals surface area contributed by atoms with Crippen LogP contribution in [-0.4, -0.2) is 25.2 Å². The molecule has 0 saturated carbocycles. The van der Waals surface area contributed by atoms with Crippen LogP contribution in [0.4, 0.5) is 16.2 Å². The fraction of sp³-hybridized carbons (Fsp3) is 0.0833. The highest BCUT2D eigenvalue weighted by molar-refractivity contribution is 9.10. The number of ether oxygens (including phenoxy) is 3. The SMILES string of the molecule is COc1cc2nccc(Oc3ccc(NC(=O)Nc4cc(Br)ccc4Cl)c(Cl)c3)c2cc1OC. The summed E-state index contributed by atoms with van der Waals surface area (Å²) in [6.07, 6.45) is 1.64. The molecule has 0 aliphatic rings. The molecule has 0 bridgehead atoms. The molecule has 0 aliphatic heterocycles. The number of hydrogen-bond donors (Lipinski definition) is 2. The Bertz CT molecular complexity index is 1380. The van der Waals surface area contributed by atoms with Crippen molar-refractivity contribution in [2.24, 2.45) is 0 Å². The van der Waals surface area contributed by atoms with E-state index in [0.717, 1.165) is 9.86 Å². The topological polar surface area (TPSA) is 81.7 Å². The number of pyridine rings is 1. The Morgan fingerprint density at radius 3 is 2.32 bits per heavy atom. The van der Waals surface area contributed by atoms with Gasteiger partial charge in [-0.05, 0) is 42.5 Å². The number of amides is 2. The van der Waals surface area contributed by atoms with Gasteiger partial charge in [-0.3, -0.25) is 4.98 Å². The van der Waals surface area contributed by atoms with E-state index >= 15 is 0 Å². The molecule has 3 aromatic carbocycles. The summed E-state index contributed by atoms with van der Waals surface area (Å²) in [5.41, 5.74) is 1.55. The molecule has 0 spiro atoms. The van der Waals surface area contributed by atoms with Gasteiger partial charge < -0.3 is 24.8 Å². The second kappa shape index (κ2) is 10.4. The van der Waals surface area contributed by atoms with E-state index in [1.165, 1.54) is 0 Å². The summed E-state index contributed by atoms with van der Waals surface area (Å²) in [4.78, 5) is 16.8. The van der Waals surface area contributed by atoms with Crippen molar-refractivity contribution in [1.29, 1.82) is 0 Å². The Morgan fingerprint density at radius 1 is 0.853 bits per heavy atom. The van der Waals surface area contributed by atoms with Crippen LogP contribution in [0.1, 0.15) is 0 Å². The Kier molecular flexibility index (Phi) is 7.31. The summed E-state index contributed by atoms with van der Waals surface area (Å²) in [6.45, 7) is 0. The lowest BCUT2D eigenvalue weighted by Gasteiger charge is -2.14. The van der Waals surface area contributed by atoms with Gasteiger partial charge >= 0.3 is 6.03 Å². The van der Waals surface area contributed by atoms with Gasteiger partial charge in [0, 0.05) is 28.2 Å². The first-order valence-corrected chi connectivity index (χ1v) is 11.4. The average Bonchev–Trinajstić information content (AvgIpc) is 2.82. The number of rotatable bonds is 6. The zero-order valence-corrected chi connectivity index (χ0v) is 21.1. The third-order valence-corrected chi connectivity index (χ3v) is 5.94. The maximum absolute atomic E-state index is 12.4. The van der Waals surface area contributed by atoms with E-state index in [2.05, 4.69) is 31.5 Å². The molecular formula is C24H18BrCl2N3O4. The second-order valence-corrected chi connectivity index (χ2v) is 8.71. The molecule has 174 valence electrons. The van der Waals surface area contributed by atoms with Crippen molar-refractivity contribution in [3.05, 3.63) is 75.3 Å². The van der Waals surface area contributed by atoms with Gasteiger partial charge in [-0.15, -0.1) is 0 Å². The van der Waals surface area contributed by atoms with Gasteiger partial charge in [-0.1, -0.05) is 39.1 Å². The molecule has 1 heterocycles. The van der Waals surface area contributed by atoms with Crippen LogP contribution in [0.25, 0.3) is 10.9 Å². The lowest BCUT2D eigenvalue weighted by atomic mass is 10.2. The number of aromatic nitrogens is 1. The first-order chi connectivity index (χ1) is 16.4. The first-order valence-electron chi connectivity index (χ1n) is 9.89. The third-order valence-electron chi connectivity index (χ3n) is 4.80. The minimum Gasteiger partial charge on any atom is -0.493 e. The fourth-order valence-corrected chi connectivity index (χ4v) is 3.94. The molecule has 7 nitrogen and oxygen atoms in total. The van der Waals surface area contributed by atoms with Gasteiger partial charge in [0.25, 0.3) is 0 Å². The van der Waals surface area contributed by atoms with Gasteiger partial charge in [-0.2, -0.15) is 0 Å². The third kappa shape index (κ3) is 5.30. The van der Waals surface area contributed by atoms with Crippen molar-refractivity contribution >= 4 is 67.4 Å². The van der Waals surface area contributed by atoms with Gasteiger partial charge in [0.05, 0.1) is 41.2 Å². The van der Waals surface area contributed by atoms with E-state index in [9.17, 15) is 4.79 Å². The smallest absolute Gasteiger partial charge is 0.323 e. The van der Waals surface area contributed by atoms with Gasteiger partial charge in [0.15, 0.2) is 11.5 Å². The van der Waals surface area contributed by atoms with Crippen LogP contribution in [0.15, 0.2) is 65.3 Å². The molecule has 4 rings (SSSR count). The van der Waals surface area contributed by atoms with Crippen LogP contribution < -0.4 is 24.8 Å². The van der Waals surface area contributed by atoms with E-state index in [-0.39, 0.29) is 0 Å². The fourth-order valence-electron chi connectivity index (χ4n) is 3.19. The minimum absolute atomic E-state index is 0.297. The monoisotopic (exact) mass is 561 g/mol. The molecule has 0 radical (unpaired) electrons. The normalized spacial score (nSPS) is 10.6. The quantitative estimate of drug-likeness (QED) is 0.251. The number of anilines is 2. The largest absolute Gasteiger partial charge is 0.493 e. The molecule has 2 amide bonds. The van der Waals surface area contributed by atoms with Crippen LogP contribution in [0, 0.1) is 0 Å². The molecule has 10 heteroatoms. The number of carbonyl (C=O) groups excluding carboxylic acids is 1. The maximum Gasteiger partial charge on any atom is 0.323 e. The van der Waals surface area contributed by atoms with E-state index in [1.807, 2.05) is 0 Å². The van der Waals surface area contributed by atoms with Crippen molar-refractivity contribution in [3.63, 3.8) is 0 Å². The molecule has 0 saturated heterocycles. The maximum atomic E-state index is 12.4. The standard InChI is InChI=1S/C24H18BrCl2N3O4/c1-32-22-11-15-19(12-23(22)33-2)28-8-7-21(15)34-14-4-6-18(17(27)10-14)29-24(31)30-20-9-13(25)3-5-16(20)26/h3-12H,1-2H3,(H2,29,30,31). The van der Waals surface area contributed by atoms with Crippen molar-refractivity contribution in [3.8, 4) is 23.0 Å². The molecule has 0 fully saturated rings. The number of nitrogens with zero attached hydrogens (tertiary/aromatic N) is 1. The number of hydrogen-bond acceptors (Lipinski definition) is 5. The van der Waals surface area contributed by atoms with E-state index < -0.39 is 6.03 Å². The lowest BCUT2D eigenvalue weighted by molar-refractivity contribution is 0.262. The summed E-state index contributed by atoms with van der Waals surface area (Å²) in [5.74, 6) is 2.17. The highest BCUT2D eigenvalue weighted by Gasteiger charge is 2.13. The zero-order valence-electron chi connectivity index (χ0n) is 18.0. The number of urea groups is 1. The highest BCUT2D eigenvalue weighted by atomic mass is 79.9. The number of methoxy groups -OCH3 is 2. The second-order valence-electron chi connectivity index (χ2n) is 6.98. The Balaban J connectivity index is 1.53. The molecule has 0 unspecified atom stereocenters. The van der Waals surface area contributed by atoms with Crippen LogP contribution in [0.5, 0.6) is 23.0 Å². The zero-order chi connectivity index (χ0) is 24.2. The number of halogens is 3.